The van der Waals surface area contributed by atoms with Gasteiger partial charge in [-0.05, 0) is 41.1 Å². The second-order valence-electron chi connectivity index (χ2n) is 4.61. The molecule has 0 amide bonds. The highest BCUT2D eigenvalue weighted by molar-refractivity contribution is 9.10. The summed E-state index contributed by atoms with van der Waals surface area (Å²) in [7, 11) is 0. The van der Waals surface area contributed by atoms with E-state index in [1.54, 1.807) is 23.9 Å². The SMILES string of the molecule is Cc1cccc(SCC(NN)c2ccc(Br)c(Cl)c2F)c1. The van der Waals surface area contributed by atoms with Gasteiger partial charge >= 0.3 is 0 Å². The number of benzene rings is 2. The fourth-order valence-electron chi connectivity index (χ4n) is 1.92. The third-order valence-corrected chi connectivity index (χ3v) is 5.39. The summed E-state index contributed by atoms with van der Waals surface area (Å²) >= 11 is 10.7. The molecule has 0 aliphatic heterocycles. The first kappa shape index (κ1) is 16.8. The Hall–Kier alpha value is -0.590. The van der Waals surface area contributed by atoms with Crippen LogP contribution in [0, 0.1) is 12.7 Å². The molecule has 0 aliphatic rings. The van der Waals surface area contributed by atoms with Crippen molar-refractivity contribution in [3.63, 3.8) is 0 Å². The van der Waals surface area contributed by atoms with Crippen LogP contribution in [0.15, 0.2) is 45.8 Å². The summed E-state index contributed by atoms with van der Waals surface area (Å²) in [5.74, 6) is 5.73. The summed E-state index contributed by atoms with van der Waals surface area (Å²) in [6.07, 6.45) is 0. The van der Waals surface area contributed by atoms with Crippen LogP contribution in [0.3, 0.4) is 0 Å². The van der Waals surface area contributed by atoms with Crippen molar-refractivity contribution in [2.45, 2.75) is 17.9 Å². The van der Waals surface area contributed by atoms with E-state index in [1.165, 1.54) is 5.56 Å². The Morgan fingerprint density at radius 1 is 1.38 bits per heavy atom. The first-order valence-electron chi connectivity index (χ1n) is 6.32. The highest BCUT2D eigenvalue weighted by Gasteiger charge is 2.18. The zero-order valence-electron chi connectivity index (χ0n) is 11.4. The highest BCUT2D eigenvalue weighted by Crippen LogP contribution is 2.32. The Bertz CT molecular complexity index is 639. The van der Waals surface area contributed by atoms with Crippen LogP contribution in [0.5, 0.6) is 0 Å². The standard InChI is InChI=1S/C15H15BrClFN2S/c1-9-3-2-4-10(7-9)21-8-13(20-19)11-5-6-12(16)14(17)15(11)18/h2-7,13,20H,8,19H2,1H3. The summed E-state index contributed by atoms with van der Waals surface area (Å²) in [6.45, 7) is 2.04. The minimum Gasteiger partial charge on any atom is -0.271 e. The van der Waals surface area contributed by atoms with Gasteiger partial charge in [-0.3, -0.25) is 11.3 Å². The van der Waals surface area contributed by atoms with Crippen molar-refractivity contribution in [2.24, 2.45) is 5.84 Å². The van der Waals surface area contributed by atoms with Crippen LogP contribution in [0.1, 0.15) is 17.2 Å². The predicted octanol–water partition coefficient (Wildman–Crippen LogP) is 4.85. The summed E-state index contributed by atoms with van der Waals surface area (Å²) in [6, 6.07) is 11.2. The zero-order chi connectivity index (χ0) is 15.4. The van der Waals surface area contributed by atoms with Gasteiger partial charge in [0.05, 0.1) is 11.1 Å². The van der Waals surface area contributed by atoms with Crippen molar-refractivity contribution < 1.29 is 4.39 Å². The second kappa shape index (κ2) is 7.61. The van der Waals surface area contributed by atoms with E-state index in [9.17, 15) is 4.39 Å². The Morgan fingerprint density at radius 2 is 2.14 bits per heavy atom. The number of aryl methyl sites for hydroxylation is 1. The van der Waals surface area contributed by atoms with Crippen LogP contribution in [0.25, 0.3) is 0 Å². The van der Waals surface area contributed by atoms with Crippen LogP contribution in [0.4, 0.5) is 4.39 Å². The first-order chi connectivity index (χ1) is 10.0. The molecule has 2 nitrogen and oxygen atoms in total. The molecular formula is C15H15BrClFN2S. The molecule has 0 bridgehead atoms. The van der Waals surface area contributed by atoms with Crippen LogP contribution in [0.2, 0.25) is 5.02 Å². The second-order valence-corrected chi connectivity index (χ2v) is 6.94. The topological polar surface area (TPSA) is 38.0 Å². The van der Waals surface area contributed by atoms with Crippen molar-refractivity contribution in [3.05, 3.63) is 62.8 Å². The molecule has 0 fully saturated rings. The molecular weight excluding hydrogens is 375 g/mol. The van der Waals surface area contributed by atoms with Gasteiger partial charge in [0, 0.05) is 20.7 Å². The molecule has 0 saturated heterocycles. The average molecular weight is 390 g/mol. The van der Waals surface area contributed by atoms with E-state index in [2.05, 4.69) is 27.4 Å². The van der Waals surface area contributed by atoms with Crippen molar-refractivity contribution >= 4 is 39.3 Å². The monoisotopic (exact) mass is 388 g/mol. The van der Waals surface area contributed by atoms with Gasteiger partial charge in [0.15, 0.2) is 0 Å². The average Bonchev–Trinajstić information content (AvgIpc) is 2.47. The van der Waals surface area contributed by atoms with E-state index < -0.39 is 5.82 Å². The lowest BCUT2D eigenvalue weighted by Crippen LogP contribution is -2.30. The van der Waals surface area contributed by atoms with E-state index in [-0.39, 0.29) is 11.1 Å². The maximum Gasteiger partial charge on any atom is 0.147 e. The molecule has 2 aromatic carbocycles. The summed E-state index contributed by atoms with van der Waals surface area (Å²) < 4.78 is 14.8. The zero-order valence-corrected chi connectivity index (χ0v) is 14.5. The van der Waals surface area contributed by atoms with Crippen LogP contribution < -0.4 is 11.3 Å². The number of hydrogen-bond acceptors (Lipinski definition) is 3. The van der Waals surface area contributed by atoms with Gasteiger partial charge < -0.3 is 0 Å². The maximum absolute atomic E-state index is 14.2. The quantitative estimate of drug-likeness (QED) is 0.332. The molecule has 2 aromatic rings. The number of hydrazine groups is 1. The molecule has 0 radical (unpaired) electrons. The Kier molecular flexibility index (Phi) is 6.08. The van der Waals surface area contributed by atoms with E-state index >= 15 is 0 Å². The molecule has 112 valence electrons. The lowest BCUT2D eigenvalue weighted by Gasteiger charge is -2.17. The number of rotatable bonds is 5. The van der Waals surface area contributed by atoms with Crippen LogP contribution in [-0.4, -0.2) is 5.75 Å². The molecule has 1 unspecified atom stereocenters. The van der Waals surface area contributed by atoms with Crippen molar-refractivity contribution in [2.75, 3.05) is 5.75 Å². The van der Waals surface area contributed by atoms with E-state index in [0.717, 1.165) is 4.90 Å². The van der Waals surface area contributed by atoms with Gasteiger partial charge in [-0.2, -0.15) is 0 Å². The fraction of sp³-hybridized carbons (Fsp3) is 0.200. The third kappa shape index (κ3) is 4.20. The molecule has 3 N–H and O–H groups in total. The Labute approximate surface area is 141 Å². The highest BCUT2D eigenvalue weighted by atomic mass is 79.9. The van der Waals surface area contributed by atoms with Crippen molar-refractivity contribution in [3.8, 4) is 0 Å². The van der Waals surface area contributed by atoms with Crippen molar-refractivity contribution in [1.29, 1.82) is 0 Å². The largest absolute Gasteiger partial charge is 0.271 e. The maximum atomic E-state index is 14.2. The van der Waals surface area contributed by atoms with Gasteiger partial charge in [-0.15, -0.1) is 11.8 Å². The number of thioether (sulfide) groups is 1. The van der Waals surface area contributed by atoms with Crippen LogP contribution >= 0.6 is 39.3 Å². The molecule has 2 rings (SSSR count). The number of halogens is 3. The minimum atomic E-state index is -0.446. The van der Waals surface area contributed by atoms with Crippen LogP contribution in [-0.2, 0) is 0 Å². The summed E-state index contributed by atoms with van der Waals surface area (Å²) in [5.41, 5.74) is 4.31. The van der Waals surface area contributed by atoms with E-state index in [4.69, 9.17) is 17.4 Å². The minimum absolute atomic E-state index is 0.0771. The number of nitrogens with two attached hydrogens (primary N) is 1. The lowest BCUT2D eigenvalue weighted by molar-refractivity contribution is 0.546. The molecule has 0 saturated carbocycles. The number of hydrogen-bond donors (Lipinski definition) is 2. The third-order valence-electron chi connectivity index (χ3n) is 3.05. The van der Waals surface area contributed by atoms with E-state index in [0.29, 0.717) is 15.8 Å². The summed E-state index contributed by atoms with van der Waals surface area (Å²) in [4.78, 5) is 1.12. The van der Waals surface area contributed by atoms with Crippen molar-refractivity contribution in [1.82, 2.24) is 5.43 Å². The van der Waals surface area contributed by atoms with Gasteiger partial charge in [0.2, 0.25) is 0 Å². The molecule has 0 aliphatic carbocycles. The van der Waals surface area contributed by atoms with Gasteiger partial charge in [-0.25, -0.2) is 4.39 Å². The van der Waals surface area contributed by atoms with Gasteiger partial charge in [0.25, 0.3) is 0 Å². The Morgan fingerprint density at radius 3 is 2.81 bits per heavy atom. The van der Waals surface area contributed by atoms with Gasteiger partial charge in [-0.1, -0.05) is 35.4 Å². The first-order valence-corrected chi connectivity index (χ1v) is 8.47. The number of nitrogens with one attached hydrogen (secondary N) is 1. The molecule has 21 heavy (non-hydrogen) atoms. The molecule has 0 heterocycles. The molecule has 0 spiro atoms. The Balaban J connectivity index is 2.15. The van der Waals surface area contributed by atoms with Gasteiger partial charge in [0.1, 0.15) is 5.82 Å². The lowest BCUT2D eigenvalue weighted by atomic mass is 10.1. The molecule has 0 aromatic heterocycles. The molecule has 1 atom stereocenters. The summed E-state index contributed by atoms with van der Waals surface area (Å²) in [5, 5.41) is 0.0771. The smallest absolute Gasteiger partial charge is 0.147 e. The molecule has 6 heteroatoms. The predicted molar refractivity (Wildman–Crippen MR) is 91.1 cm³/mol. The van der Waals surface area contributed by atoms with E-state index in [1.807, 2.05) is 25.1 Å². The normalized spacial score (nSPS) is 12.4. The fourth-order valence-corrected chi connectivity index (χ4v) is 3.48.